The third-order valence-corrected chi connectivity index (χ3v) is 4.07. The predicted octanol–water partition coefficient (Wildman–Crippen LogP) is 6.51. The van der Waals surface area contributed by atoms with Crippen LogP contribution in [0.15, 0.2) is 67.3 Å². The molecule has 0 saturated carbocycles. The molecule has 0 aliphatic heterocycles. The zero-order valence-corrected chi connectivity index (χ0v) is 14.2. The minimum Gasteiger partial charge on any atom is -0.486 e. The van der Waals surface area contributed by atoms with Crippen molar-refractivity contribution < 1.29 is 4.74 Å². The Bertz CT molecular complexity index is 556. The highest BCUT2D eigenvalue weighted by Crippen LogP contribution is 2.27. The molecule has 0 spiro atoms. The number of aryl methyl sites for hydroxylation is 1. The van der Waals surface area contributed by atoms with Crippen LogP contribution in [-0.2, 0) is 6.42 Å². The van der Waals surface area contributed by atoms with Crippen LogP contribution in [-0.4, -0.2) is 0 Å². The molecular formula is C22H28O. The van der Waals surface area contributed by atoms with E-state index in [4.69, 9.17) is 4.74 Å². The Hall–Kier alpha value is -2.02. The summed E-state index contributed by atoms with van der Waals surface area (Å²) < 4.78 is 6.27. The van der Waals surface area contributed by atoms with Gasteiger partial charge in [0.1, 0.15) is 11.9 Å². The Labute approximate surface area is 141 Å². The molecule has 2 rings (SSSR count). The fourth-order valence-corrected chi connectivity index (χ4v) is 2.69. The minimum atomic E-state index is 0.109. The average Bonchev–Trinajstić information content (AvgIpc) is 2.61. The van der Waals surface area contributed by atoms with E-state index in [0.29, 0.717) is 0 Å². The molecule has 0 amide bonds. The van der Waals surface area contributed by atoms with Gasteiger partial charge in [-0.05, 0) is 55.4 Å². The van der Waals surface area contributed by atoms with E-state index in [-0.39, 0.29) is 6.10 Å². The summed E-state index contributed by atoms with van der Waals surface area (Å²) in [6, 6.07) is 19.1. The summed E-state index contributed by atoms with van der Waals surface area (Å²) >= 11 is 0. The van der Waals surface area contributed by atoms with Gasteiger partial charge < -0.3 is 4.74 Å². The molecule has 0 radical (unpaired) electrons. The number of hydrogen-bond donors (Lipinski definition) is 0. The number of unbranched alkanes of at least 4 members (excludes halogenated alkanes) is 2. The summed E-state index contributed by atoms with van der Waals surface area (Å²) in [5, 5.41) is 0. The Morgan fingerprint density at radius 1 is 1.00 bits per heavy atom. The maximum Gasteiger partial charge on any atom is 0.124 e. The van der Waals surface area contributed by atoms with E-state index in [0.717, 1.165) is 31.4 Å². The lowest BCUT2D eigenvalue weighted by Crippen LogP contribution is -2.07. The largest absolute Gasteiger partial charge is 0.486 e. The lowest BCUT2D eigenvalue weighted by atomic mass is 10.0. The van der Waals surface area contributed by atoms with Crippen LogP contribution in [0, 0.1) is 0 Å². The molecule has 122 valence electrons. The van der Waals surface area contributed by atoms with Gasteiger partial charge in [-0.3, -0.25) is 0 Å². The van der Waals surface area contributed by atoms with Crippen LogP contribution in [0.4, 0.5) is 0 Å². The number of allylic oxidation sites excluding steroid dienone is 1. The van der Waals surface area contributed by atoms with Crippen molar-refractivity contribution >= 4 is 0 Å². The van der Waals surface area contributed by atoms with Gasteiger partial charge >= 0.3 is 0 Å². The maximum absolute atomic E-state index is 6.27. The molecule has 0 N–H and O–H groups in total. The van der Waals surface area contributed by atoms with Crippen molar-refractivity contribution in [3.8, 4) is 5.75 Å². The highest BCUT2D eigenvalue weighted by atomic mass is 16.5. The Kier molecular flexibility index (Phi) is 7.45. The van der Waals surface area contributed by atoms with E-state index < -0.39 is 0 Å². The fraction of sp³-hybridized carbons (Fsp3) is 0.364. The molecular weight excluding hydrogens is 280 g/mol. The van der Waals surface area contributed by atoms with E-state index in [9.17, 15) is 0 Å². The van der Waals surface area contributed by atoms with E-state index in [1.165, 1.54) is 24.0 Å². The average molecular weight is 308 g/mol. The highest BCUT2D eigenvalue weighted by molar-refractivity contribution is 5.29. The maximum atomic E-state index is 6.27. The highest BCUT2D eigenvalue weighted by Gasteiger charge is 2.12. The van der Waals surface area contributed by atoms with Crippen LogP contribution in [0.5, 0.6) is 5.75 Å². The molecule has 23 heavy (non-hydrogen) atoms. The summed E-state index contributed by atoms with van der Waals surface area (Å²) in [7, 11) is 0. The first kappa shape index (κ1) is 17.3. The van der Waals surface area contributed by atoms with Crippen molar-refractivity contribution in [1.29, 1.82) is 0 Å². The molecule has 0 heterocycles. The van der Waals surface area contributed by atoms with Gasteiger partial charge in [0.15, 0.2) is 0 Å². The molecule has 0 aliphatic carbocycles. The lowest BCUT2D eigenvalue weighted by Gasteiger charge is -2.20. The molecule has 2 aromatic rings. The molecule has 1 unspecified atom stereocenters. The van der Waals surface area contributed by atoms with Crippen molar-refractivity contribution in [1.82, 2.24) is 0 Å². The second kappa shape index (κ2) is 9.89. The van der Waals surface area contributed by atoms with Crippen molar-refractivity contribution in [3.63, 3.8) is 0 Å². The summed E-state index contributed by atoms with van der Waals surface area (Å²) in [4.78, 5) is 0. The van der Waals surface area contributed by atoms with Crippen LogP contribution in [0.1, 0.15) is 56.3 Å². The Morgan fingerprint density at radius 2 is 1.74 bits per heavy atom. The van der Waals surface area contributed by atoms with Crippen molar-refractivity contribution in [2.45, 2.75) is 51.6 Å². The van der Waals surface area contributed by atoms with Gasteiger partial charge in [-0.25, -0.2) is 0 Å². The van der Waals surface area contributed by atoms with Gasteiger partial charge in [0.05, 0.1) is 0 Å². The molecule has 0 aliphatic rings. The summed E-state index contributed by atoms with van der Waals surface area (Å²) in [6.45, 7) is 6.03. The van der Waals surface area contributed by atoms with E-state index in [1.807, 2.05) is 12.1 Å². The minimum absolute atomic E-state index is 0.109. The van der Waals surface area contributed by atoms with Gasteiger partial charge in [-0.1, -0.05) is 61.9 Å². The molecule has 0 bridgehead atoms. The van der Waals surface area contributed by atoms with Crippen LogP contribution >= 0.6 is 0 Å². The predicted molar refractivity (Wildman–Crippen MR) is 98.9 cm³/mol. The van der Waals surface area contributed by atoms with E-state index in [1.54, 1.807) is 0 Å². The first-order valence-corrected chi connectivity index (χ1v) is 8.75. The fourth-order valence-electron chi connectivity index (χ4n) is 2.69. The van der Waals surface area contributed by atoms with E-state index in [2.05, 4.69) is 62.0 Å². The second-order valence-corrected chi connectivity index (χ2v) is 5.98. The zero-order chi connectivity index (χ0) is 16.3. The molecule has 1 heteroatoms. The summed E-state index contributed by atoms with van der Waals surface area (Å²) in [6.07, 6.45) is 8.85. The Morgan fingerprint density at radius 3 is 2.39 bits per heavy atom. The quantitative estimate of drug-likeness (QED) is 0.359. The topological polar surface area (TPSA) is 9.23 Å². The number of rotatable bonds is 10. The molecule has 0 saturated heterocycles. The standard InChI is InChI=1S/C22H28O/c1-3-5-8-14-22(20-12-9-7-10-13-20)23-21-17-15-19(16-18-21)11-6-4-2/h3,7,9-10,12-13,15-18,22H,1,4-6,8,11,14H2,2H3. The third-order valence-electron chi connectivity index (χ3n) is 4.07. The number of benzene rings is 2. The van der Waals surface area contributed by atoms with Crippen LogP contribution < -0.4 is 4.74 Å². The van der Waals surface area contributed by atoms with Gasteiger partial charge in [0.25, 0.3) is 0 Å². The van der Waals surface area contributed by atoms with Crippen molar-refractivity contribution in [3.05, 3.63) is 78.4 Å². The first-order valence-electron chi connectivity index (χ1n) is 8.75. The molecule has 1 atom stereocenters. The van der Waals surface area contributed by atoms with Gasteiger partial charge in [0, 0.05) is 0 Å². The summed E-state index contributed by atoms with van der Waals surface area (Å²) in [5.74, 6) is 0.956. The smallest absolute Gasteiger partial charge is 0.124 e. The van der Waals surface area contributed by atoms with Gasteiger partial charge in [-0.2, -0.15) is 0 Å². The first-order chi connectivity index (χ1) is 11.3. The molecule has 2 aromatic carbocycles. The monoisotopic (exact) mass is 308 g/mol. The Balaban J connectivity index is 2.03. The van der Waals surface area contributed by atoms with Crippen molar-refractivity contribution in [2.75, 3.05) is 0 Å². The molecule has 1 nitrogen and oxygen atoms in total. The van der Waals surface area contributed by atoms with Crippen LogP contribution in [0.25, 0.3) is 0 Å². The van der Waals surface area contributed by atoms with Crippen LogP contribution in [0.3, 0.4) is 0 Å². The summed E-state index contributed by atoms with van der Waals surface area (Å²) in [5.41, 5.74) is 2.63. The normalized spacial score (nSPS) is 11.9. The SMILES string of the molecule is C=CCCCC(Oc1ccc(CCCC)cc1)c1ccccc1. The second-order valence-electron chi connectivity index (χ2n) is 5.98. The molecule has 0 fully saturated rings. The van der Waals surface area contributed by atoms with Gasteiger partial charge in [-0.15, -0.1) is 6.58 Å². The third kappa shape index (κ3) is 5.94. The van der Waals surface area contributed by atoms with E-state index >= 15 is 0 Å². The van der Waals surface area contributed by atoms with Crippen LogP contribution in [0.2, 0.25) is 0 Å². The molecule has 0 aromatic heterocycles. The number of ether oxygens (including phenoxy) is 1. The number of hydrogen-bond acceptors (Lipinski definition) is 1. The zero-order valence-electron chi connectivity index (χ0n) is 14.2. The van der Waals surface area contributed by atoms with Gasteiger partial charge in [0.2, 0.25) is 0 Å². The lowest BCUT2D eigenvalue weighted by molar-refractivity contribution is 0.192. The van der Waals surface area contributed by atoms with Crippen molar-refractivity contribution in [2.24, 2.45) is 0 Å².